The Balaban J connectivity index is 2.13. The molecule has 4 nitrogen and oxygen atoms in total. The summed E-state index contributed by atoms with van der Waals surface area (Å²) >= 11 is 8.54. The molecule has 27 heavy (non-hydrogen) atoms. The summed E-state index contributed by atoms with van der Waals surface area (Å²) < 4.78 is 7.85. The molecule has 1 aromatic carbocycles. The lowest BCUT2D eigenvalue weighted by atomic mass is 10.0. The van der Waals surface area contributed by atoms with Crippen LogP contribution in [0.3, 0.4) is 0 Å². The predicted octanol–water partition coefficient (Wildman–Crippen LogP) is 7.95. The van der Waals surface area contributed by atoms with Crippen molar-refractivity contribution in [3.05, 3.63) is 53.1 Å². The molecule has 1 unspecified atom stereocenters. The first-order valence-corrected chi connectivity index (χ1v) is 11.4. The van der Waals surface area contributed by atoms with Gasteiger partial charge in [0.2, 0.25) is 0 Å². The van der Waals surface area contributed by atoms with Gasteiger partial charge in [-0.3, -0.25) is 10.1 Å². The van der Waals surface area contributed by atoms with Crippen molar-refractivity contribution < 1.29 is 9.66 Å². The Hall–Kier alpha value is -1.18. The van der Waals surface area contributed by atoms with E-state index in [0.29, 0.717) is 18.3 Å². The third-order valence-corrected chi connectivity index (χ3v) is 6.72. The molecule has 2 rings (SSSR count). The maximum Gasteiger partial charge on any atom is 0.311 e. The third kappa shape index (κ3) is 6.73. The van der Waals surface area contributed by atoms with Gasteiger partial charge < -0.3 is 4.74 Å². The van der Waals surface area contributed by atoms with Gasteiger partial charge in [0.25, 0.3) is 0 Å². The largest absolute Gasteiger partial charge is 0.487 e. The number of hydrogen-bond donors (Lipinski definition) is 0. The summed E-state index contributed by atoms with van der Waals surface area (Å²) in [6, 6.07) is 7.11. The Morgan fingerprint density at radius 1 is 1.26 bits per heavy atom. The number of unbranched alkanes of at least 4 members (excludes halogenated alkanes) is 1. The van der Waals surface area contributed by atoms with Gasteiger partial charge >= 0.3 is 5.69 Å². The summed E-state index contributed by atoms with van der Waals surface area (Å²) in [5.74, 6) is 0.769. The van der Waals surface area contributed by atoms with E-state index in [0.717, 1.165) is 44.4 Å². The lowest BCUT2D eigenvalue weighted by Crippen LogP contribution is -2.12. The van der Waals surface area contributed by atoms with Gasteiger partial charge in [-0.05, 0) is 61.9 Å². The first kappa shape index (κ1) is 22.1. The second-order valence-corrected chi connectivity index (χ2v) is 10.1. The molecule has 7 heteroatoms. The maximum atomic E-state index is 11.5. The molecular formula is C20H23Br2NO3S. The Morgan fingerprint density at radius 3 is 2.63 bits per heavy atom. The third-order valence-electron chi connectivity index (χ3n) is 4.34. The minimum absolute atomic E-state index is 0.00746. The summed E-state index contributed by atoms with van der Waals surface area (Å²) in [5.41, 5.74) is 1.80. The van der Waals surface area contributed by atoms with Crippen LogP contribution in [0.1, 0.15) is 50.7 Å². The number of nitro benzene ring substituents is 1. The van der Waals surface area contributed by atoms with Gasteiger partial charge in [-0.15, -0.1) is 11.3 Å². The molecule has 0 amide bonds. The lowest BCUT2D eigenvalue weighted by molar-refractivity contribution is -0.385. The molecule has 0 saturated heterocycles. The molecule has 0 bridgehead atoms. The molecule has 2 aromatic rings. The van der Waals surface area contributed by atoms with E-state index >= 15 is 0 Å². The number of rotatable bonds is 10. The van der Waals surface area contributed by atoms with Crippen molar-refractivity contribution >= 4 is 61.0 Å². The van der Waals surface area contributed by atoms with E-state index in [9.17, 15) is 10.1 Å². The average Bonchev–Trinajstić information content (AvgIpc) is 2.97. The van der Waals surface area contributed by atoms with E-state index in [2.05, 4.69) is 45.7 Å². The van der Waals surface area contributed by atoms with Gasteiger partial charge in [0.1, 0.15) is 0 Å². The summed E-state index contributed by atoms with van der Waals surface area (Å²) in [7, 11) is 0. The van der Waals surface area contributed by atoms with Gasteiger partial charge in [-0.1, -0.05) is 51.3 Å². The van der Waals surface area contributed by atoms with Crippen molar-refractivity contribution in [2.75, 3.05) is 6.61 Å². The van der Waals surface area contributed by atoms with Gasteiger partial charge in [0.05, 0.1) is 19.1 Å². The van der Waals surface area contributed by atoms with E-state index in [4.69, 9.17) is 4.74 Å². The zero-order valence-corrected chi connectivity index (χ0v) is 19.4. The molecule has 0 aliphatic rings. The van der Waals surface area contributed by atoms with Crippen molar-refractivity contribution in [2.24, 2.45) is 5.92 Å². The molecule has 1 heterocycles. The molecule has 0 aliphatic carbocycles. The second-order valence-electron chi connectivity index (χ2n) is 6.32. The Bertz CT molecular complexity index is 805. The first-order chi connectivity index (χ1) is 12.9. The van der Waals surface area contributed by atoms with Crippen LogP contribution < -0.4 is 4.74 Å². The van der Waals surface area contributed by atoms with Crippen molar-refractivity contribution in [3.63, 3.8) is 0 Å². The highest BCUT2D eigenvalue weighted by molar-refractivity contribution is 9.12. The minimum Gasteiger partial charge on any atom is -0.487 e. The zero-order valence-electron chi connectivity index (χ0n) is 15.4. The number of thiophene rings is 1. The van der Waals surface area contributed by atoms with Crippen LogP contribution >= 0.6 is 43.2 Å². The molecule has 146 valence electrons. The van der Waals surface area contributed by atoms with E-state index in [-0.39, 0.29) is 10.6 Å². The Morgan fingerprint density at radius 2 is 2.04 bits per heavy atom. The van der Waals surface area contributed by atoms with Crippen molar-refractivity contribution in [1.29, 1.82) is 0 Å². The van der Waals surface area contributed by atoms with Gasteiger partial charge in [0, 0.05) is 11.6 Å². The quantitative estimate of drug-likeness (QED) is 0.238. The van der Waals surface area contributed by atoms with Crippen LogP contribution in [0.4, 0.5) is 5.69 Å². The zero-order chi connectivity index (χ0) is 19.8. The number of halogens is 2. The number of ether oxygens (including phenoxy) is 1. The van der Waals surface area contributed by atoms with Gasteiger partial charge in [0.15, 0.2) is 5.75 Å². The van der Waals surface area contributed by atoms with Crippen LogP contribution in [0.25, 0.3) is 12.2 Å². The van der Waals surface area contributed by atoms with E-state index in [1.165, 1.54) is 0 Å². The van der Waals surface area contributed by atoms with E-state index in [1.807, 2.05) is 24.3 Å². The highest BCUT2D eigenvalue weighted by atomic mass is 79.9. The summed E-state index contributed by atoms with van der Waals surface area (Å²) in [4.78, 5) is 11.1. The van der Waals surface area contributed by atoms with Crippen LogP contribution in [-0.4, -0.2) is 11.5 Å². The topological polar surface area (TPSA) is 52.4 Å². The Kier molecular flexibility index (Phi) is 8.99. The lowest BCUT2D eigenvalue weighted by Gasteiger charge is -2.15. The van der Waals surface area contributed by atoms with Crippen molar-refractivity contribution in [2.45, 2.75) is 39.5 Å². The number of hydrogen-bond acceptors (Lipinski definition) is 4. The molecule has 0 spiro atoms. The molecule has 1 aromatic heterocycles. The normalized spacial score (nSPS) is 12.4. The predicted molar refractivity (Wildman–Crippen MR) is 121 cm³/mol. The standard InChI is InChI=1S/C20H23Br2NO3S/c1-3-5-6-14(4-2)13-26-18-10-8-15(11-17(18)23(24)25)7-9-16-12-19(21)27-20(16)22/h7-12,14H,3-6,13H2,1-2H3/b9-7+. The fourth-order valence-electron chi connectivity index (χ4n) is 2.66. The number of nitro groups is 1. The van der Waals surface area contributed by atoms with Crippen LogP contribution in [-0.2, 0) is 0 Å². The van der Waals surface area contributed by atoms with Crippen molar-refractivity contribution in [3.8, 4) is 5.75 Å². The van der Waals surface area contributed by atoms with Crippen LogP contribution in [0.15, 0.2) is 31.8 Å². The van der Waals surface area contributed by atoms with Crippen LogP contribution in [0.5, 0.6) is 5.75 Å². The fraction of sp³-hybridized carbons (Fsp3) is 0.400. The average molecular weight is 517 g/mol. The highest BCUT2D eigenvalue weighted by Crippen LogP contribution is 2.34. The van der Waals surface area contributed by atoms with Gasteiger partial charge in [-0.2, -0.15) is 0 Å². The first-order valence-electron chi connectivity index (χ1n) is 8.98. The minimum atomic E-state index is -0.378. The van der Waals surface area contributed by atoms with E-state index < -0.39 is 0 Å². The molecule has 0 N–H and O–H groups in total. The van der Waals surface area contributed by atoms with Crippen molar-refractivity contribution in [1.82, 2.24) is 0 Å². The van der Waals surface area contributed by atoms with Gasteiger partial charge in [-0.25, -0.2) is 0 Å². The SMILES string of the molecule is CCCCC(CC)COc1ccc(/C=C/c2cc(Br)sc2Br)cc1[N+](=O)[O-]. The molecule has 1 atom stereocenters. The van der Waals surface area contributed by atoms with Crippen LogP contribution in [0.2, 0.25) is 0 Å². The summed E-state index contributed by atoms with van der Waals surface area (Å²) in [5, 5.41) is 11.5. The highest BCUT2D eigenvalue weighted by Gasteiger charge is 2.17. The molecule has 0 saturated carbocycles. The Labute approximate surface area is 181 Å². The maximum absolute atomic E-state index is 11.5. The fourth-order valence-corrected chi connectivity index (χ4v) is 5.42. The smallest absolute Gasteiger partial charge is 0.311 e. The molecular weight excluding hydrogens is 494 g/mol. The second kappa shape index (κ2) is 11.0. The monoisotopic (exact) mass is 515 g/mol. The van der Waals surface area contributed by atoms with E-state index in [1.54, 1.807) is 23.5 Å². The molecule has 0 aliphatic heterocycles. The summed E-state index contributed by atoms with van der Waals surface area (Å²) in [6.45, 7) is 4.81. The molecule has 0 fully saturated rings. The molecule has 0 radical (unpaired) electrons. The summed E-state index contributed by atoms with van der Waals surface area (Å²) in [6.07, 6.45) is 8.21. The number of benzene rings is 1. The van der Waals surface area contributed by atoms with Crippen LogP contribution in [0, 0.1) is 16.0 Å². The number of nitrogens with zero attached hydrogens (tertiary/aromatic N) is 1.